The van der Waals surface area contributed by atoms with Gasteiger partial charge in [-0.3, -0.25) is 9.59 Å². The first-order valence-electron chi connectivity index (χ1n) is 7.44. The van der Waals surface area contributed by atoms with Crippen molar-refractivity contribution in [2.24, 2.45) is 5.92 Å². The standard InChI is InChI=1S/C17H25NO4/c1-11(2)8-12(3)18-17(20)10-22-15-7-6-14(13(4)19)9-16(15)21-5/h6-7,9,11-12H,8,10H2,1-5H3,(H,18,20)/t12-/m0/s1. The van der Waals surface area contributed by atoms with Gasteiger partial charge in [0, 0.05) is 11.6 Å². The van der Waals surface area contributed by atoms with Crippen molar-refractivity contribution < 1.29 is 19.1 Å². The molecule has 1 aromatic carbocycles. The van der Waals surface area contributed by atoms with Gasteiger partial charge in [0.1, 0.15) is 0 Å². The molecule has 0 aliphatic rings. The second-order valence-electron chi connectivity index (χ2n) is 5.81. The highest BCUT2D eigenvalue weighted by atomic mass is 16.5. The molecule has 0 saturated carbocycles. The van der Waals surface area contributed by atoms with E-state index in [0.29, 0.717) is 23.0 Å². The van der Waals surface area contributed by atoms with Gasteiger partial charge in [0.15, 0.2) is 23.9 Å². The van der Waals surface area contributed by atoms with Crippen molar-refractivity contribution >= 4 is 11.7 Å². The largest absolute Gasteiger partial charge is 0.493 e. The zero-order valence-electron chi connectivity index (χ0n) is 13.9. The molecule has 0 unspecified atom stereocenters. The average molecular weight is 307 g/mol. The molecule has 1 atom stereocenters. The number of methoxy groups -OCH3 is 1. The number of hydrogen-bond acceptors (Lipinski definition) is 4. The van der Waals surface area contributed by atoms with Gasteiger partial charge in [-0.1, -0.05) is 13.8 Å². The summed E-state index contributed by atoms with van der Waals surface area (Å²) in [5.74, 6) is 1.18. The van der Waals surface area contributed by atoms with E-state index in [1.807, 2.05) is 6.92 Å². The topological polar surface area (TPSA) is 64.6 Å². The maximum absolute atomic E-state index is 11.9. The number of ketones is 1. The van der Waals surface area contributed by atoms with E-state index in [9.17, 15) is 9.59 Å². The molecule has 0 aliphatic heterocycles. The Hall–Kier alpha value is -2.04. The van der Waals surface area contributed by atoms with Gasteiger partial charge < -0.3 is 14.8 Å². The van der Waals surface area contributed by atoms with E-state index in [0.717, 1.165) is 6.42 Å². The molecule has 0 aromatic heterocycles. The van der Waals surface area contributed by atoms with Crippen molar-refractivity contribution in [3.63, 3.8) is 0 Å². The molecule has 1 N–H and O–H groups in total. The quantitative estimate of drug-likeness (QED) is 0.750. The molecule has 5 nitrogen and oxygen atoms in total. The Balaban J connectivity index is 2.60. The molecule has 0 aliphatic carbocycles. The lowest BCUT2D eigenvalue weighted by Crippen LogP contribution is -2.36. The SMILES string of the molecule is COc1cc(C(C)=O)ccc1OCC(=O)N[C@@H](C)CC(C)C. The van der Waals surface area contributed by atoms with Gasteiger partial charge >= 0.3 is 0 Å². The highest BCUT2D eigenvalue weighted by Crippen LogP contribution is 2.28. The summed E-state index contributed by atoms with van der Waals surface area (Å²) in [5, 5.41) is 2.89. The average Bonchev–Trinajstić information content (AvgIpc) is 2.43. The first-order chi connectivity index (χ1) is 10.3. The van der Waals surface area contributed by atoms with Crippen LogP contribution in [0.25, 0.3) is 0 Å². The molecular formula is C17H25NO4. The number of amides is 1. The molecule has 1 amide bonds. The van der Waals surface area contributed by atoms with Crippen LogP contribution in [-0.4, -0.2) is 31.4 Å². The second kappa shape index (κ2) is 8.41. The minimum atomic E-state index is -0.175. The van der Waals surface area contributed by atoms with Gasteiger partial charge in [0.05, 0.1) is 7.11 Å². The Morgan fingerprint density at radius 1 is 1.18 bits per heavy atom. The third kappa shape index (κ3) is 5.76. The number of nitrogens with one attached hydrogen (secondary N) is 1. The Morgan fingerprint density at radius 3 is 2.41 bits per heavy atom. The Bertz CT molecular complexity index is 525. The molecule has 0 radical (unpaired) electrons. The summed E-state index contributed by atoms with van der Waals surface area (Å²) in [4.78, 5) is 23.2. The molecule has 0 fully saturated rings. The number of ether oxygens (including phenoxy) is 2. The zero-order chi connectivity index (χ0) is 16.7. The highest BCUT2D eigenvalue weighted by Gasteiger charge is 2.12. The fourth-order valence-electron chi connectivity index (χ4n) is 2.23. The molecule has 0 saturated heterocycles. The van der Waals surface area contributed by atoms with E-state index in [1.165, 1.54) is 14.0 Å². The Labute approximate surface area is 132 Å². The van der Waals surface area contributed by atoms with Crippen molar-refractivity contribution in [1.29, 1.82) is 0 Å². The lowest BCUT2D eigenvalue weighted by Gasteiger charge is -2.16. The summed E-state index contributed by atoms with van der Waals surface area (Å²) in [7, 11) is 1.50. The van der Waals surface area contributed by atoms with E-state index in [-0.39, 0.29) is 24.3 Å². The van der Waals surface area contributed by atoms with Crippen molar-refractivity contribution in [3.05, 3.63) is 23.8 Å². The van der Waals surface area contributed by atoms with Crippen molar-refractivity contribution in [2.75, 3.05) is 13.7 Å². The summed E-state index contributed by atoms with van der Waals surface area (Å²) in [6.07, 6.45) is 0.919. The molecular weight excluding hydrogens is 282 g/mol. The molecule has 5 heteroatoms. The van der Waals surface area contributed by atoms with Crippen LogP contribution in [0, 0.1) is 5.92 Å². The minimum absolute atomic E-state index is 0.0508. The lowest BCUT2D eigenvalue weighted by molar-refractivity contribution is -0.123. The number of rotatable bonds is 8. The van der Waals surface area contributed by atoms with Crippen LogP contribution in [0.2, 0.25) is 0 Å². The first-order valence-corrected chi connectivity index (χ1v) is 7.44. The van der Waals surface area contributed by atoms with Crippen LogP contribution in [0.1, 0.15) is 44.5 Å². The predicted octanol–water partition coefficient (Wildman–Crippen LogP) is 2.83. The van der Waals surface area contributed by atoms with Gasteiger partial charge in [-0.25, -0.2) is 0 Å². The lowest BCUT2D eigenvalue weighted by atomic mass is 10.1. The molecule has 0 bridgehead atoms. The summed E-state index contributed by atoms with van der Waals surface area (Å²) in [6, 6.07) is 5.01. The Morgan fingerprint density at radius 2 is 1.86 bits per heavy atom. The van der Waals surface area contributed by atoms with Crippen molar-refractivity contribution in [2.45, 2.75) is 40.2 Å². The van der Waals surface area contributed by atoms with Crippen LogP contribution in [0.4, 0.5) is 0 Å². The fourth-order valence-corrected chi connectivity index (χ4v) is 2.23. The van der Waals surface area contributed by atoms with Gasteiger partial charge in [-0.2, -0.15) is 0 Å². The van der Waals surface area contributed by atoms with Crippen LogP contribution in [0.3, 0.4) is 0 Å². The highest BCUT2D eigenvalue weighted by molar-refractivity contribution is 5.94. The molecule has 122 valence electrons. The minimum Gasteiger partial charge on any atom is -0.493 e. The van der Waals surface area contributed by atoms with Gasteiger partial charge in [-0.05, 0) is 44.4 Å². The van der Waals surface area contributed by atoms with Gasteiger partial charge in [-0.15, -0.1) is 0 Å². The number of hydrogen-bond donors (Lipinski definition) is 1. The van der Waals surface area contributed by atoms with E-state index in [2.05, 4.69) is 19.2 Å². The Kier molecular flexibility index (Phi) is 6.89. The van der Waals surface area contributed by atoms with Crippen LogP contribution in [0.5, 0.6) is 11.5 Å². The predicted molar refractivity (Wildman–Crippen MR) is 85.6 cm³/mol. The molecule has 22 heavy (non-hydrogen) atoms. The van der Waals surface area contributed by atoms with E-state index < -0.39 is 0 Å². The maximum atomic E-state index is 11.9. The number of carbonyl (C=O) groups excluding carboxylic acids is 2. The third-order valence-electron chi connectivity index (χ3n) is 3.16. The summed E-state index contributed by atoms with van der Waals surface area (Å²) >= 11 is 0. The molecule has 1 aromatic rings. The second-order valence-corrected chi connectivity index (χ2v) is 5.81. The summed E-state index contributed by atoms with van der Waals surface area (Å²) < 4.78 is 10.7. The number of carbonyl (C=O) groups is 2. The van der Waals surface area contributed by atoms with E-state index >= 15 is 0 Å². The van der Waals surface area contributed by atoms with Gasteiger partial charge in [0.25, 0.3) is 5.91 Å². The van der Waals surface area contributed by atoms with Gasteiger partial charge in [0.2, 0.25) is 0 Å². The van der Waals surface area contributed by atoms with E-state index in [1.54, 1.807) is 18.2 Å². The van der Waals surface area contributed by atoms with Crippen molar-refractivity contribution in [3.8, 4) is 11.5 Å². The van der Waals surface area contributed by atoms with Crippen LogP contribution >= 0.6 is 0 Å². The first kappa shape index (κ1) is 18.0. The third-order valence-corrected chi connectivity index (χ3v) is 3.16. The summed E-state index contributed by atoms with van der Waals surface area (Å²) in [5.41, 5.74) is 0.541. The van der Waals surface area contributed by atoms with Crippen LogP contribution in [-0.2, 0) is 4.79 Å². The monoisotopic (exact) mass is 307 g/mol. The normalized spacial score (nSPS) is 11.9. The molecule has 0 heterocycles. The van der Waals surface area contributed by atoms with Crippen LogP contribution < -0.4 is 14.8 Å². The fraction of sp³-hybridized carbons (Fsp3) is 0.529. The smallest absolute Gasteiger partial charge is 0.258 e. The number of Topliss-reactive ketones (excluding diaryl/α,β-unsaturated/α-hetero) is 1. The molecule has 1 rings (SSSR count). The van der Waals surface area contributed by atoms with E-state index in [4.69, 9.17) is 9.47 Å². The van der Waals surface area contributed by atoms with Crippen molar-refractivity contribution in [1.82, 2.24) is 5.32 Å². The summed E-state index contributed by atoms with van der Waals surface area (Å²) in [6.45, 7) is 7.60. The molecule has 0 spiro atoms. The van der Waals surface area contributed by atoms with Crippen LogP contribution in [0.15, 0.2) is 18.2 Å². The maximum Gasteiger partial charge on any atom is 0.258 e. The number of benzene rings is 1. The zero-order valence-corrected chi connectivity index (χ0v) is 13.9.